The molecular formula is C18H23N5O2. The van der Waals surface area contributed by atoms with Crippen LogP contribution in [-0.4, -0.2) is 57.9 Å². The first-order valence-electron chi connectivity index (χ1n) is 8.88. The number of hydrogen-bond donors (Lipinski definition) is 1. The molecule has 3 heterocycles. The zero-order valence-corrected chi connectivity index (χ0v) is 14.2. The van der Waals surface area contributed by atoms with E-state index in [1.807, 2.05) is 30.3 Å². The van der Waals surface area contributed by atoms with Gasteiger partial charge in [-0.3, -0.25) is 9.69 Å². The quantitative estimate of drug-likeness (QED) is 0.880. The van der Waals surface area contributed by atoms with Crippen molar-refractivity contribution in [2.45, 2.75) is 32.0 Å². The van der Waals surface area contributed by atoms with Crippen molar-refractivity contribution in [2.75, 3.05) is 26.2 Å². The number of hydrogen-bond acceptors (Lipinski definition) is 5. The second-order valence-corrected chi connectivity index (χ2v) is 6.61. The number of amides is 1. The predicted octanol–water partition coefficient (Wildman–Crippen LogP) is 1.06. The van der Waals surface area contributed by atoms with Crippen molar-refractivity contribution in [1.82, 2.24) is 25.0 Å². The number of ether oxygens (including phenoxy) is 1. The van der Waals surface area contributed by atoms with Gasteiger partial charge in [-0.15, -0.1) is 10.2 Å². The summed E-state index contributed by atoms with van der Waals surface area (Å²) >= 11 is 0. The van der Waals surface area contributed by atoms with Crippen molar-refractivity contribution < 1.29 is 9.53 Å². The minimum absolute atomic E-state index is 0.0479. The third-order valence-corrected chi connectivity index (χ3v) is 4.78. The molecule has 1 amide bonds. The molecule has 0 aliphatic carbocycles. The molecule has 1 fully saturated rings. The lowest BCUT2D eigenvalue weighted by molar-refractivity contribution is -0.123. The predicted molar refractivity (Wildman–Crippen MR) is 92.7 cm³/mol. The molecule has 0 unspecified atom stereocenters. The zero-order valence-electron chi connectivity index (χ0n) is 14.2. The maximum absolute atomic E-state index is 12.2. The van der Waals surface area contributed by atoms with Gasteiger partial charge in [-0.05, 0) is 12.8 Å². The molecular weight excluding hydrogens is 318 g/mol. The van der Waals surface area contributed by atoms with E-state index in [4.69, 9.17) is 4.74 Å². The first-order valence-corrected chi connectivity index (χ1v) is 8.88. The summed E-state index contributed by atoms with van der Waals surface area (Å²) in [5, 5.41) is 11.6. The summed E-state index contributed by atoms with van der Waals surface area (Å²) in [6.07, 6.45) is 2.31. The molecule has 0 spiro atoms. The average molecular weight is 341 g/mol. The van der Waals surface area contributed by atoms with Crippen LogP contribution in [0.5, 0.6) is 0 Å². The van der Waals surface area contributed by atoms with Gasteiger partial charge < -0.3 is 14.6 Å². The molecule has 1 aromatic heterocycles. The number of nitrogens with one attached hydrogen (secondary N) is 1. The highest BCUT2D eigenvalue weighted by molar-refractivity contribution is 5.78. The number of rotatable bonds is 5. The molecule has 2 aliphatic heterocycles. The Morgan fingerprint density at radius 1 is 1.24 bits per heavy atom. The molecule has 2 aromatic rings. The van der Waals surface area contributed by atoms with Crippen molar-refractivity contribution in [3.63, 3.8) is 0 Å². The lowest BCUT2D eigenvalue weighted by atomic mass is 10.2. The summed E-state index contributed by atoms with van der Waals surface area (Å²) in [5.74, 6) is 1.86. The van der Waals surface area contributed by atoms with Crippen molar-refractivity contribution in [1.29, 1.82) is 0 Å². The van der Waals surface area contributed by atoms with Crippen molar-refractivity contribution in [3.05, 3.63) is 36.2 Å². The topological polar surface area (TPSA) is 72.3 Å². The molecule has 0 saturated carbocycles. The largest absolute Gasteiger partial charge is 0.376 e. The fourth-order valence-electron chi connectivity index (χ4n) is 3.44. The van der Waals surface area contributed by atoms with E-state index in [0.29, 0.717) is 19.6 Å². The number of aromatic nitrogens is 3. The molecule has 1 aromatic carbocycles. The summed E-state index contributed by atoms with van der Waals surface area (Å²) in [6.45, 7) is 4.07. The Morgan fingerprint density at radius 3 is 2.92 bits per heavy atom. The highest BCUT2D eigenvalue weighted by atomic mass is 16.5. The van der Waals surface area contributed by atoms with Crippen molar-refractivity contribution in [3.8, 4) is 11.4 Å². The van der Waals surface area contributed by atoms with E-state index in [9.17, 15) is 4.79 Å². The van der Waals surface area contributed by atoms with Crippen LogP contribution < -0.4 is 5.32 Å². The van der Waals surface area contributed by atoms with Gasteiger partial charge in [0.15, 0.2) is 5.82 Å². The molecule has 7 nitrogen and oxygen atoms in total. The third kappa shape index (κ3) is 3.72. The van der Waals surface area contributed by atoms with E-state index >= 15 is 0 Å². The lowest BCUT2D eigenvalue weighted by Crippen LogP contribution is -2.43. The van der Waals surface area contributed by atoms with Crippen LogP contribution in [0.1, 0.15) is 18.7 Å². The van der Waals surface area contributed by atoms with Crippen LogP contribution in [0.2, 0.25) is 0 Å². The molecule has 4 rings (SSSR count). The number of carbonyl (C=O) groups is 1. The van der Waals surface area contributed by atoms with Gasteiger partial charge in [0.2, 0.25) is 5.91 Å². The van der Waals surface area contributed by atoms with E-state index in [2.05, 4.69) is 25.0 Å². The summed E-state index contributed by atoms with van der Waals surface area (Å²) in [4.78, 5) is 14.3. The highest BCUT2D eigenvalue weighted by Gasteiger charge is 2.23. The fraction of sp³-hybridized carbons (Fsp3) is 0.500. The average Bonchev–Trinajstić information content (AvgIpc) is 3.30. The summed E-state index contributed by atoms with van der Waals surface area (Å²) in [5.41, 5.74) is 1.07. The molecule has 132 valence electrons. The molecule has 0 bridgehead atoms. The van der Waals surface area contributed by atoms with Crippen LogP contribution in [0.15, 0.2) is 30.3 Å². The Labute approximate surface area is 147 Å². The van der Waals surface area contributed by atoms with Gasteiger partial charge in [-0.25, -0.2) is 0 Å². The lowest BCUT2D eigenvalue weighted by Gasteiger charge is -2.27. The number of benzene rings is 1. The van der Waals surface area contributed by atoms with Gasteiger partial charge in [0, 0.05) is 31.8 Å². The van der Waals surface area contributed by atoms with Crippen LogP contribution in [-0.2, 0) is 22.6 Å². The monoisotopic (exact) mass is 341 g/mol. The number of nitrogens with zero attached hydrogens (tertiary/aromatic N) is 4. The Morgan fingerprint density at radius 2 is 2.12 bits per heavy atom. The number of carbonyl (C=O) groups excluding carboxylic acids is 1. The Balaban J connectivity index is 1.34. The first-order chi connectivity index (χ1) is 12.3. The van der Waals surface area contributed by atoms with E-state index in [-0.39, 0.29) is 12.0 Å². The van der Waals surface area contributed by atoms with Gasteiger partial charge in [-0.1, -0.05) is 30.3 Å². The minimum Gasteiger partial charge on any atom is -0.376 e. The number of fused-ring (bicyclic) bond motifs is 1. The molecule has 1 saturated heterocycles. The molecule has 2 aliphatic rings. The first kappa shape index (κ1) is 16.2. The van der Waals surface area contributed by atoms with Crippen LogP contribution in [0, 0.1) is 0 Å². The van der Waals surface area contributed by atoms with Gasteiger partial charge in [0.25, 0.3) is 0 Å². The second kappa shape index (κ2) is 7.33. The maximum Gasteiger partial charge on any atom is 0.234 e. The normalized spacial score (nSPS) is 20.4. The Bertz CT molecular complexity index is 724. The van der Waals surface area contributed by atoms with Crippen molar-refractivity contribution >= 4 is 5.91 Å². The van der Waals surface area contributed by atoms with Crippen LogP contribution in [0.4, 0.5) is 0 Å². The van der Waals surface area contributed by atoms with E-state index in [1.54, 1.807) is 0 Å². The maximum atomic E-state index is 12.2. The van der Waals surface area contributed by atoms with Crippen LogP contribution >= 0.6 is 0 Å². The summed E-state index contributed by atoms with van der Waals surface area (Å²) in [7, 11) is 0. The zero-order chi connectivity index (χ0) is 17.1. The van der Waals surface area contributed by atoms with Crippen molar-refractivity contribution in [2.24, 2.45) is 0 Å². The summed E-state index contributed by atoms with van der Waals surface area (Å²) < 4.78 is 7.68. The smallest absolute Gasteiger partial charge is 0.234 e. The molecule has 0 radical (unpaired) electrons. The standard InChI is InChI=1S/C18H23N5O2/c24-17(19-11-15-7-4-10-25-15)13-22-8-9-23-16(12-22)20-21-18(23)14-5-2-1-3-6-14/h1-3,5-6,15H,4,7-13H2,(H,19,24)/t15-/m1/s1. The Hall–Kier alpha value is -2.25. The van der Waals surface area contributed by atoms with Gasteiger partial charge >= 0.3 is 0 Å². The van der Waals surface area contributed by atoms with E-state index < -0.39 is 0 Å². The molecule has 25 heavy (non-hydrogen) atoms. The van der Waals surface area contributed by atoms with Gasteiger partial charge in [0.1, 0.15) is 5.82 Å². The molecule has 1 atom stereocenters. The fourth-order valence-corrected chi connectivity index (χ4v) is 3.44. The van der Waals surface area contributed by atoms with Gasteiger partial charge in [0.05, 0.1) is 19.2 Å². The van der Waals surface area contributed by atoms with E-state index in [0.717, 1.165) is 49.8 Å². The van der Waals surface area contributed by atoms with Crippen LogP contribution in [0.3, 0.4) is 0 Å². The highest BCUT2D eigenvalue weighted by Crippen LogP contribution is 2.21. The van der Waals surface area contributed by atoms with E-state index in [1.165, 1.54) is 0 Å². The molecule has 1 N–H and O–H groups in total. The molecule has 7 heteroatoms. The van der Waals surface area contributed by atoms with Gasteiger partial charge in [-0.2, -0.15) is 0 Å². The SMILES string of the molecule is O=C(CN1CCn2c(nnc2-c2ccccc2)C1)NC[C@H]1CCCO1. The van der Waals surface area contributed by atoms with Crippen LogP contribution in [0.25, 0.3) is 11.4 Å². The second-order valence-electron chi connectivity index (χ2n) is 6.61. The third-order valence-electron chi connectivity index (χ3n) is 4.78. The summed E-state index contributed by atoms with van der Waals surface area (Å²) in [6, 6.07) is 10.1. The Kier molecular flexibility index (Phi) is 4.76. The minimum atomic E-state index is 0.0479.